The lowest BCUT2D eigenvalue weighted by Crippen LogP contribution is -2.33. The molecule has 1 aliphatic carbocycles. The molecule has 0 unspecified atom stereocenters. The van der Waals surface area contributed by atoms with Crippen LogP contribution < -0.4 is 0 Å². The van der Waals surface area contributed by atoms with E-state index in [2.05, 4.69) is 4.98 Å². The summed E-state index contributed by atoms with van der Waals surface area (Å²) < 4.78 is 6.98. The Balaban J connectivity index is 1.30. The molecule has 0 saturated carbocycles. The van der Waals surface area contributed by atoms with E-state index in [9.17, 15) is 14.4 Å². The van der Waals surface area contributed by atoms with Gasteiger partial charge >= 0.3 is 5.97 Å². The summed E-state index contributed by atoms with van der Waals surface area (Å²) in [4.78, 5) is 42.3. The van der Waals surface area contributed by atoms with E-state index in [0.717, 1.165) is 0 Å². The second kappa shape index (κ2) is 7.15. The molecule has 1 saturated heterocycles. The van der Waals surface area contributed by atoms with Crippen LogP contribution in [-0.4, -0.2) is 38.6 Å². The minimum atomic E-state index is -0.473. The van der Waals surface area contributed by atoms with Crippen LogP contribution >= 0.6 is 11.6 Å². The summed E-state index contributed by atoms with van der Waals surface area (Å²) in [6.45, 7) is 0.0828. The standard InChI is InChI=1S/C19H18ClN3O4/c20-12-5-6-16-21-13(10-22(16)9-12)11-27-17(24)7-8-23-18(25)14-3-1-2-4-15(14)19(23)26/h1-2,5-6,9-10,14-15H,3-4,7-8,11H2/t14-,15-/m0/s1. The normalized spacial score (nSPS) is 21.7. The zero-order valence-corrected chi connectivity index (χ0v) is 15.3. The third kappa shape index (κ3) is 3.47. The number of nitrogens with zero attached hydrogens (tertiary/aromatic N) is 3. The fourth-order valence-corrected chi connectivity index (χ4v) is 3.77. The van der Waals surface area contributed by atoms with E-state index in [1.54, 1.807) is 28.9 Å². The first-order valence-corrected chi connectivity index (χ1v) is 9.19. The highest BCUT2D eigenvalue weighted by molar-refractivity contribution is 6.30. The number of imidazole rings is 1. The second-order valence-electron chi connectivity index (χ2n) is 6.74. The zero-order valence-electron chi connectivity index (χ0n) is 14.5. The first-order valence-electron chi connectivity index (χ1n) is 8.82. The number of aromatic nitrogens is 2. The Hall–Kier alpha value is -2.67. The van der Waals surface area contributed by atoms with E-state index in [1.807, 2.05) is 12.2 Å². The molecule has 0 N–H and O–H groups in total. The largest absolute Gasteiger partial charge is 0.459 e. The van der Waals surface area contributed by atoms with Gasteiger partial charge < -0.3 is 9.14 Å². The molecule has 7 nitrogen and oxygen atoms in total. The van der Waals surface area contributed by atoms with Gasteiger partial charge in [0.15, 0.2) is 0 Å². The predicted molar refractivity (Wildman–Crippen MR) is 96.7 cm³/mol. The number of ether oxygens (including phenoxy) is 1. The molecule has 0 aromatic carbocycles. The first-order chi connectivity index (χ1) is 13.0. The third-order valence-electron chi connectivity index (χ3n) is 4.98. The topological polar surface area (TPSA) is 81.0 Å². The Morgan fingerprint density at radius 1 is 1.15 bits per heavy atom. The van der Waals surface area contributed by atoms with E-state index >= 15 is 0 Å². The van der Waals surface area contributed by atoms with Crippen molar-refractivity contribution in [2.45, 2.75) is 25.9 Å². The number of pyridine rings is 1. The molecule has 4 rings (SSSR count). The Bertz CT molecular complexity index is 926. The summed E-state index contributed by atoms with van der Waals surface area (Å²) in [7, 11) is 0. The predicted octanol–water partition coefficient (Wildman–Crippen LogP) is 2.37. The number of halogens is 1. The molecular formula is C19H18ClN3O4. The van der Waals surface area contributed by atoms with Gasteiger partial charge in [-0.2, -0.15) is 0 Å². The van der Waals surface area contributed by atoms with Crippen molar-refractivity contribution in [3.05, 3.63) is 47.4 Å². The summed E-state index contributed by atoms with van der Waals surface area (Å²) in [6.07, 6.45) is 8.48. The van der Waals surface area contributed by atoms with Gasteiger partial charge in [-0.05, 0) is 25.0 Å². The number of hydrogen-bond acceptors (Lipinski definition) is 5. The van der Waals surface area contributed by atoms with Gasteiger partial charge in [0.1, 0.15) is 12.3 Å². The fourth-order valence-electron chi connectivity index (χ4n) is 3.61. The second-order valence-corrected chi connectivity index (χ2v) is 7.18. The van der Waals surface area contributed by atoms with Crippen LogP contribution in [0.25, 0.3) is 5.65 Å². The van der Waals surface area contributed by atoms with Gasteiger partial charge in [-0.15, -0.1) is 0 Å². The van der Waals surface area contributed by atoms with Crippen LogP contribution in [0.3, 0.4) is 0 Å². The first kappa shape index (κ1) is 17.7. The van der Waals surface area contributed by atoms with E-state index in [1.165, 1.54) is 4.90 Å². The highest BCUT2D eigenvalue weighted by Gasteiger charge is 2.46. The monoisotopic (exact) mass is 387 g/mol. The van der Waals surface area contributed by atoms with E-state index in [4.69, 9.17) is 16.3 Å². The van der Waals surface area contributed by atoms with Gasteiger partial charge in [-0.25, -0.2) is 4.98 Å². The number of carbonyl (C=O) groups is 3. The molecule has 1 aliphatic heterocycles. The van der Waals surface area contributed by atoms with Crippen molar-refractivity contribution in [3.8, 4) is 0 Å². The molecule has 8 heteroatoms. The van der Waals surface area contributed by atoms with Crippen LogP contribution in [0.4, 0.5) is 0 Å². The molecule has 2 aliphatic rings. The molecule has 0 bridgehead atoms. The molecule has 2 aromatic heterocycles. The SMILES string of the molecule is O=C(CCN1C(=O)[C@H]2CC=CC[C@@H]2C1=O)OCc1cn2cc(Cl)ccc2n1. The Kier molecular flexibility index (Phi) is 4.70. The summed E-state index contributed by atoms with van der Waals surface area (Å²) >= 11 is 5.93. The van der Waals surface area contributed by atoms with Gasteiger partial charge in [-0.1, -0.05) is 23.8 Å². The average Bonchev–Trinajstić information content (AvgIpc) is 3.17. The van der Waals surface area contributed by atoms with Crippen molar-refractivity contribution in [2.24, 2.45) is 11.8 Å². The lowest BCUT2D eigenvalue weighted by Gasteiger charge is -2.14. The number of allylic oxidation sites excluding steroid dienone is 2. The Morgan fingerprint density at radius 2 is 1.85 bits per heavy atom. The highest BCUT2D eigenvalue weighted by Crippen LogP contribution is 2.35. The van der Waals surface area contributed by atoms with Crippen molar-refractivity contribution >= 4 is 35.0 Å². The fraction of sp³-hybridized carbons (Fsp3) is 0.368. The van der Waals surface area contributed by atoms with Crippen LogP contribution in [0, 0.1) is 11.8 Å². The molecule has 3 heterocycles. The van der Waals surface area contributed by atoms with Crippen LogP contribution in [-0.2, 0) is 25.7 Å². The molecule has 2 atom stereocenters. The van der Waals surface area contributed by atoms with Crippen molar-refractivity contribution in [1.29, 1.82) is 0 Å². The van der Waals surface area contributed by atoms with Crippen molar-refractivity contribution in [2.75, 3.05) is 6.54 Å². The number of hydrogen-bond donors (Lipinski definition) is 0. The van der Waals surface area contributed by atoms with Crippen LogP contribution in [0.15, 0.2) is 36.7 Å². The van der Waals surface area contributed by atoms with E-state index in [-0.39, 0.29) is 43.2 Å². The van der Waals surface area contributed by atoms with Gasteiger partial charge in [0.05, 0.1) is 29.0 Å². The average molecular weight is 388 g/mol. The molecule has 1 fully saturated rings. The number of carbonyl (C=O) groups excluding carboxylic acids is 3. The van der Waals surface area contributed by atoms with Crippen molar-refractivity contribution < 1.29 is 19.1 Å². The molecule has 2 aromatic rings. The lowest BCUT2D eigenvalue weighted by molar-refractivity contribution is -0.146. The number of esters is 1. The van der Waals surface area contributed by atoms with E-state index in [0.29, 0.717) is 29.2 Å². The van der Waals surface area contributed by atoms with Crippen LogP contribution in [0.1, 0.15) is 25.0 Å². The van der Waals surface area contributed by atoms with Gasteiger partial charge in [0.25, 0.3) is 0 Å². The minimum absolute atomic E-state index is 0.0230. The molecule has 2 amide bonds. The molecule has 0 radical (unpaired) electrons. The number of fused-ring (bicyclic) bond motifs is 2. The number of rotatable bonds is 5. The van der Waals surface area contributed by atoms with Gasteiger partial charge in [0.2, 0.25) is 11.8 Å². The molecule has 140 valence electrons. The number of imide groups is 1. The summed E-state index contributed by atoms with van der Waals surface area (Å²) in [6, 6.07) is 3.50. The highest BCUT2D eigenvalue weighted by atomic mass is 35.5. The summed E-state index contributed by atoms with van der Waals surface area (Å²) in [5.41, 5.74) is 1.30. The molecule has 0 spiro atoms. The Morgan fingerprint density at radius 3 is 2.56 bits per heavy atom. The summed E-state index contributed by atoms with van der Waals surface area (Å²) in [5, 5.41) is 0.583. The third-order valence-corrected chi connectivity index (χ3v) is 5.21. The van der Waals surface area contributed by atoms with Crippen molar-refractivity contribution in [3.63, 3.8) is 0 Å². The van der Waals surface area contributed by atoms with Crippen molar-refractivity contribution in [1.82, 2.24) is 14.3 Å². The molecule has 27 heavy (non-hydrogen) atoms. The van der Waals surface area contributed by atoms with Gasteiger partial charge in [-0.3, -0.25) is 19.3 Å². The smallest absolute Gasteiger partial charge is 0.307 e. The van der Waals surface area contributed by atoms with E-state index < -0.39 is 5.97 Å². The quantitative estimate of drug-likeness (QED) is 0.447. The van der Waals surface area contributed by atoms with Crippen LogP contribution in [0.5, 0.6) is 0 Å². The lowest BCUT2D eigenvalue weighted by atomic mass is 9.85. The summed E-state index contributed by atoms with van der Waals surface area (Å²) in [5.74, 6) is -1.39. The van der Waals surface area contributed by atoms with Crippen LogP contribution in [0.2, 0.25) is 5.02 Å². The zero-order chi connectivity index (χ0) is 19.0. The maximum Gasteiger partial charge on any atom is 0.307 e. The minimum Gasteiger partial charge on any atom is -0.459 e. The number of amides is 2. The van der Waals surface area contributed by atoms with Gasteiger partial charge in [0, 0.05) is 18.9 Å². The molecular weight excluding hydrogens is 370 g/mol. The maximum atomic E-state index is 12.4. The number of likely N-dealkylation sites (tertiary alicyclic amines) is 1. The maximum absolute atomic E-state index is 12.4. The Labute approximate surface area is 160 Å².